The minimum Gasteiger partial charge on any atom is -0.360 e. The molecule has 1 fully saturated rings. The minimum atomic E-state index is 0.537. The molecule has 0 aliphatic heterocycles. The van der Waals surface area contributed by atoms with Crippen molar-refractivity contribution in [3.63, 3.8) is 0 Å². The summed E-state index contributed by atoms with van der Waals surface area (Å²) >= 11 is 11.3. The van der Waals surface area contributed by atoms with Gasteiger partial charge in [0.15, 0.2) is 5.11 Å². The molecule has 2 rings (SSSR count). The fraction of sp³-hybridized carbons (Fsp3) is 0.462. The van der Waals surface area contributed by atoms with Gasteiger partial charge in [-0.05, 0) is 49.7 Å². The molecule has 0 aromatic heterocycles. The highest BCUT2D eigenvalue weighted by molar-refractivity contribution is 7.80. The van der Waals surface area contributed by atoms with Crippen LogP contribution in [-0.4, -0.2) is 11.2 Å². The third kappa shape index (κ3) is 3.58. The average molecular weight is 269 g/mol. The molecule has 0 spiro atoms. The van der Waals surface area contributed by atoms with Crippen LogP contribution in [0.1, 0.15) is 31.2 Å². The smallest absolute Gasteiger partial charge is 0.171 e. The SMILES string of the molecule is Cc1ccc(Cl)cc1NC(=S)NC1CCCC1. The highest BCUT2D eigenvalue weighted by Gasteiger charge is 2.15. The topological polar surface area (TPSA) is 24.1 Å². The lowest BCUT2D eigenvalue weighted by molar-refractivity contribution is 0.634. The van der Waals surface area contributed by atoms with Gasteiger partial charge in [-0.1, -0.05) is 30.5 Å². The molecular formula is C13H17ClN2S. The molecule has 1 aromatic carbocycles. The van der Waals surface area contributed by atoms with Gasteiger partial charge in [0, 0.05) is 16.8 Å². The molecule has 1 saturated carbocycles. The normalized spacial score (nSPS) is 15.9. The van der Waals surface area contributed by atoms with Crippen molar-refractivity contribution in [3.05, 3.63) is 28.8 Å². The van der Waals surface area contributed by atoms with E-state index in [1.54, 1.807) is 0 Å². The minimum absolute atomic E-state index is 0.537. The van der Waals surface area contributed by atoms with Gasteiger partial charge in [-0.2, -0.15) is 0 Å². The molecule has 17 heavy (non-hydrogen) atoms. The average Bonchev–Trinajstić information content (AvgIpc) is 2.76. The standard InChI is InChI=1S/C13H17ClN2S/c1-9-6-7-10(14)8-12(9)16-13(17)15-11-4-2-3-5-11/h6-8,11H,2-5H2,1H3,(H2,15,16,17). The van der Waals surface area contributed by atoms with Gasteiger partial charge in [-0.15, -0.1) is 0 Å². The predicted molar refractivity (Wildman–Crippen MR) is 77.8 cm³/mol. The number of aryl methyl sites for hydroxylation is 1. The summed E-state index contributed by atoms with van der Waals surface area (Å²) in [5.74, 6) is 0. The molecule has 0 bridgehead atoms. The highest BCUT2D eigenvalue weighted by atomic mass is 35.5. The summed E-state index contributed by atoms with van der Waals surface area (Å²) in [5, 5.41) is 7.99. The fourth-order valence-electron chi connectivity index (χ4n) is 2.14. The Morgan fingerprint density at radius 2 is 2.06 bits per heavy atom. The summed E-state index contributed by atoms with van der Waals surface area (Å²) in [5.41, 5.74) is 2.12. The van der Waals surface area contributed by atoms with E-state index in [0.717, 1.165) is 16.3 Å². The molecule has 92 valence electrons. The Morgan fingerprint density at radius 3 is 2.76 bits per heavy atom. The third-order valence-corrected chi connectivity index (χ3v) is 3.59. The largest absolute Gasteiger partial charge is 0.360 e. The lowest BCUT2D eigenvalue weighted by Crippen LogP contribution is -2.36. The van der Waals surface area contributed by atoms with Crippen molar-refractivity contribution >= 4 is 34.6 Å². The number of hydrogen-bond acceptors (Lipinski definition) is 1. The first-order valence-electron chi connectivity index (χ1n) is 5.99. The first kappa shape index (κ1) is 12.7. The van der Waals surface area contributed by atoms with Crippen molar-refractivity contribution in [3.8, 4) is 0 Å². The summed E-state index contributed by atoms with van der Waals surface area (Å²) in [4.78, 5) is 0. The van der Waals surface area contributed by atoms with E-state index in [4.69, 9.17) is 23.8 Å². The molecular weight excluding hydrogens is 252 g/mol. The van der Waals surface area contributed by atoms with Gasteiger partial charge >= 0.3 is 0 Å². The Labute approximate surface area is 113 Å². The molecule has 0 heterocycles. The maximum Gasteiger partial charge on any atom is 0.171 e. The first-order chi connectivity index (χ1) is 8.15. The van der Waals surface area contributed by atoms with Gasteiger partial charge in [-0.3, -0.25) is 0 Å². The zero-order valence-corrected chi connectivity index (χ0v) is 11.5. The second kappa shape index (κ2) is 5.69. The number of rotatable bonds is 2. The van der Waals surface area contributed by atoms with Crippen molar-refractivity contribution in [1.82, 2.24) is 5.32 Å². The number of hydrogen-bond donors (Lipinski definition) is 2. The summed E-state index contributed by atoms with van der Waals surface area (Å²) < 4.78 is 0. The van der Waals surface area contributed by atoms with E-state index >= 15 is 0 Å². The Bertz CT molecular complexity index is 414. The zero-order valence-electron chi connectivity index (χ0n) is 9.92. The van der Waals surface area contributed by atoms with E-state index in [-0.39, 0.29) is 0 Å². The van der Waals surface area contributed by atoms with Crippen molar-refractivity contribution in [2.45, 2.75) is 38.6 Å². The van der Waals surface area contributed by atoms with E-state index in [0.29, 0.717) is 11.2 Å². The Kier molecular flexibility index (Phi) is 4.24. The van der Waals surface area contributed by atoms with Gasteiger partial charge in [0.25, 0.3) is 0 Å². The Balaban J connectivity index is 1.95. The van der Waals surface area contributed by atoms with Crippen LogP contribution in [0.4, 0.5) is 5.69 Å². The monoisotopic (exact) mass is 268 g/mol. The van der Waals surface area contributed by atoms with Crippen LogP contribution in [0, 0.1) is 6.92 Å². The van der Waals surface area contributed by atoms with Gasteiger partial charge in [0.05, 0.1) is 0 Å². The predicted octanol–water partition coefficient (Wildman–Crippen LogP) is 3.88. The molecule has 2 nitrogen and oxygen atoms in total. The number of nitrogens with one attached hydrogen (secondary N) is 2. The second-order valence-corrected chi connectivity index (χ2v) is 5.38. The summed E-state index contributed by atoms with van der Waals surface area (Å²) in [7, 11) is 0. The van der Waals surface area contributed by atoms with Crippen LogP contribution in [0.3, 0.4) is 0 Å². The van der Waals surface area contributed by atoms with Gasteiger partial charge in [0.2, 0.25) is 0 Å². The van der Waals surface area contributed by atoms with Crippen molar-refractivity contribution in [2.24, 2.45) is 0 Å². The molecule has 0 amide bonds. The van der Waals surface area contributed by atoms with Crippen LogP contribution >= 0.6 is 23.8 Å². The van der Waals surface area contributed by atoms with E-state index in [1.807, 2.05) is 25.1 Å². The van der Waals surface area contributed by atoms with Crippen molar-refractivity contribution in [2.75, 3.05) is 5.32 Å². The lowest BCUT2D eigenvalue weighted by Gasteiger charge is -2.17. The van der Waals surface area contributed by atoms with E-state index < -0.39 is 0 Å². The Hall–Kier alpha value is -0.800. The molecule has 4 heteroatoms. The van der Waals surface area contributed by atoms with Crippen LogP contribution in [0.25, 0.3) is 0 Å². The maximum atomic E-state index is 5.97. The first-order valence-corrected chi connectivity index (χ1v) is 6.77. The van der Waals surface area contributed by atoms with Gasteiger partial charge < -0.3 is 10.6 Å². The maximum absolute atomic E-state index is 5.97. The van der Waals surface area contributed by atoms with E-state index in [2.05, 4.69) is 10.6 Å². The van der Waals surface area contributed by atoms with Crippen LogP contribution < -0.4 is 10.6 Å². The summed E-state index contributed by atoms with van der Waals surface area (Å²) in [6.07, 6.45) is 5.04. The van der Waals surface area contributed by atoms with Crippen molar-refractivity contribution in [1.29, 1.82) is 0 Å². The Morgan fingerprint density at radius 1 is 1.35 bits per heavy atom. The van der Waals surface area contributed by atoms with Crippen LogP contribution in [-0.2, 0) is 0 Å². The quantitative estimate of drug-likeness (QED) is 0.796. The molecule has 0 radical (unpaired) electrons. The second-order valence-electron chi connectivity index (χ2n) is 4.54. The van der Waals surface area contributed by atoms with E-state index in [1.165, 1.54) is 25.7 Å². The molecule has 1 aliphatic carbocycles. The third-order valence-electron chi connectivity index (χ3n) is 3.14. The number of anilines is 1. The summed E-state index contributed by atoms with van der Waals surface area (Å²) in [6, 6.07) is 6.31. The number of benzene rings is 1. The molecule has 0 atom stereocenters. The number of thiocarbonyl (C=S) groups is 1. The summed E-state index contributed by atoms with van der Waals surface area (Å²) in [6.45, 7) is 2.04. The van der Waals surface area contributed by atoms with Gasteiger partial charge in [-0.25, -0.2) is 0 Å². The molecule has 2 N–H and O–H groups in total. The molecule has 1 aliphatic rings. The molecule has 0 saturated heterocycles. The zero-order chi connectivity index (χ0) is 12.3. The van der Waals surface area contributed by atoms with Crippen LogP contribution in [0.15, 0.2) is 18.2 Å². The van der Waals surface area contributed by atoms with E-state index in [9.17, 15) is 0 Å². The highest BCUT2D eigenvalue weighted by Crippen LogP contribution is 2.21. The molecule has 1 aromatic rings. The van der Waals surface area contributed by atoms with Crippen LogP contribution in [0.5, 0.6) is 0 Å². The fourth-order valence-corrected chi connectivity index (χ4v) is 2.59. The molecule has 0 unspecified atom stereocenters. The van der Waals surface area contributed by atoms with Gasteiger partial charge in [0.1, 0.15) is 0 Å². The number of halogens is 1. The van der Waals surface area contributed by atoms with Crippen LogP contribution in [0.2, 0.25) is 5.02 Å². The van der Waals surface area contributed by atoms with Crippen molar-refractivity contribution < 1.29 is 0 Å². The lowest BCUT2D eigenvalue weighted by atomic mass is 10.2.